The third-order valence-electron chi connectivity index (χ3n) is 0. The molecule has 28 valence electrons. The van der Waals surface area contributed by atoms with Crippen LogP contribution in [0.4, 0.5) is 0 Å². The Bertz CT molecular complexity index is 6.85. The van der Waals surface area contributed by atoms with Gasteiger partial charge in [-0.3, -0.25) is 0 Å². The summed E-state index contributed by atoms with van der Waals surface area (Å²) >= 11 is 0. The van der Waals surface area contributed by atoms with E-state index in [1.54, 1.807) is 0 Å². The Morgan fingerprint density at radius 3 is 0.600 bits per heavy atom. The Balaban J connectivity index is 0. The molecule has 0 aromatic rings. The van der Waals surface area contributed by atoms with Crippen molar-refractivity contribution in [3.63, 3.8) is 0 Å². The Morgan fingerprint density at radius 2 is 0.600 bits per heavy atom. The molecule has 0 aromatic heterocycles. The van der Waals surface area contributed by atoms with Crippen LogP contribution in [-0.2, 0) is 16.4 Å². The maximum absolute atomic E-state index is 0. The molecule has 0 spiro atoms. The summed E-state index contributed by atoms with van der Waals surface area (Å²) < 4.78 is 0. The molecule has 5 heavy (non-hydrogen) atoms. The van der Waals surface area contributed by atoms with Gasteiger partial charge in [0.1, 0.15) is 0 Å². The van der Waals surface area contributed by atoms with Gasteiger partial charge in [-0.25, -0.2) is 0 Å². The van der Waals surface area contributed by atoms with Gasteiger partial charge in [0.15, 0.2) is 0 Å². The van der Waals surface area contributed by atoms with Gasteiger partial charge in [0.2, 0.25) is 0 Å². The normalized spacial score (nSPS) is 0. The molecule has 0 amide bonds. The van der Waals surface area contributed by atoms with Crippen LogP contribution in [0.2, 0.25) is 0 Å². The topological polar surface area (TPSA) is 85.5 Å². The maximum atomic E-state index is 0. The van der Waals surface area contributed by atoms with Crippen molar-refractivity contribution in [2.75, 3.05) is 0 Å². The standard InChI is InChI=1S/3O.Th.U/q3*-2;+4;. The van der Waals surface area contributed by atoms with Crippen LogP contribution >= 0.6 is 0 Å². The molecule has 0 saturated carbocycles. The molecule has 0 atom stereocenters. The molecule has 0 bridgehead atoms. The predicted molar refractivity (Wildman–Crippen MR) is 2.06 cm³/mol. The zero-order valence-corrected chi connectivity index (χ0v) is 10.5. The average Bonchev–Trinajstić information content (AvgIpc) is 0. The second-order valence-electron chi connectivity index (χ2n) is 0. The van der Waals surface area contributed by atoms with Gasteiger partial charge in [-0.05, 0) is 0 Å². The Morgan fingerprint density at radius 1 is 0.600 bits per heavy atom. The fourth-order valence-electron chi connectivity index (χ4n) is 0. The van der Waals surface area contributed by atoms with Crippen LogP contribution in [0.25, 0.3) is 0 Å². The van der Waals surface area contributed by atoms with E-state index in [-0.39, 0.29) is 87.5 Å². The van der Waals surface area contributed by atoms with Crippen molar-refractivity contribution < 1.29 is 87.5 Å². The minimum atomic E-state index is 0. The third kappa shape index (κ3) is 22.3. The van der Waals surface area contributed by atoms with Crippen molar-refractivity contribution in [1.82, 2.24) is 0 Å². The van der Waals surface area contributed by atoms with Crippen LogP contribution in [0.15, 0.2) is 0 Å². The first kappa shape index (κ1) is 55.8. The molecule has 0 aliphatic heterocycles. The summed E-state index contributed by atoms with van der Waals surface area (Å²) in [6.45, 7) is 0. The summed E-state index contributed by atoms with van der Waals surface area (Å²) in [5.74, 6) is 0. The van der Waals surface area contributed by atoms with Gasteiger partial charge in [0, 0.05) is 31.1 Å². The van der Waals surface area contributed by atoms with E-state index in [1.807, 2.05) is 0 Å². The molecule has 0 aromatic carbocycles. The molecule has 0 N–H and O–H groups in total. The molecular formula is O3ThU-2. The van der Waals surface area contributed by atoms with Crippen LogP contribution < -0.4 is 0 Å². The van der Waals surface area contributed by atoms with Gasteiger partial charge in [0.05, 0.1) is 0 Å². The molecule has 0 aliphatic carbocycles. The van der Waals surface area contributed by atoms with Gasteiger partial charge in [0.25, 0.3) is 0 Å². The van der Waals surface area contributed by atoms with Crippen molar-refractivity contribution >= 4 is 0 Å². The van der Waals surface area contributed by atoms with Crippen LogP contribution in [0.5, 0.6) is 0 Å². The van der Waals surface area contributed by atoms with E-state index in [2.05, 4.69) is 0 Å². The van der Waals surface area contributed by atoms with Crippen LogP contribution in [-0.4, -0.2) is 0 Å². The van der Waals surface area contributed by atoms with Crippen molar-refractivity contribution in [1.29, 1.82) is 0 Å². The molecule has 3 nitrogen and oxygen atoms in total. The molecule has 0 fully saturated rings. The van der Waals surface area contributed by atoms with Crippen LogP contribution in [0.3, 0.4) is 0 Å². The summed E-state index contributed by atoms with van der Waals surface area (Å²) in [6, 6.07) is 0. The third-order valence-corrected chi connectivity index (χ3v) is 0. The minimum absolute atomic E-state index is 0. The van der Waals surface area contributed by atoms with Crippen LogP contribution in [0.1, 0.15) is 0 Å². The monoisotopic (exact) mass is 518 g/mol. The molecule has 0 unspecified atom stereocenters. The van der Waals surface area contributed by atoms with Gasteiger partial charge >= 0.3 is 39.9 Å². The minimum Gasteiger partial charge on any atom is -2.00 e. The number of hydrogen-bond acceptors (Lipinski definition) is 0. The van der Waals surface area contributed by atoms with Gasteiger partial charge in [-0.15, -0.1) is 0 Å². The smallest absolute Gasteiger partial charge is 2.00 e. The molecular weight excluding hydrogens is 518 g/mol. The van der Waals surface area contributed by atoms with E-state index in [9.17, 15) is 0 Å². The fourth-order valence-corrected chi connectivity index (χ4v) is 0. The van der Waals surface area contributed by atoms with Crippen LogP contribution in [0, 0.1) is 71.1 Å². The van der Waals surface area contributed by atoms with E-state index in [0.29, 0.717) is 0 Å². The predicted octanol–water partition coefficient (Wildman–Crippen LogP) is -0.356. The first-order valence-corrected chi connectivity index (χ1v) is 0. The Kier molecular flexibility index (Phi) is 379. The Labute approximate surface area is 85.9 Å². The van der Waals surface area contributed by atoms with E-state index in [4.69, 9.17) is 0 Å². The summed E-state index contributed by atoms with van der Waals surface area (Å²) in [4.78, 5) is 0. The molecule has 0 saturated heterocycles. The van der Waals surface area contributed by atoms with Gasteiger partial charge in [-0.1, -0.05) is 0 Å². The first-order chi connectivity index (χ1) is 0. The van der Waals surface area contributed by atoms with Crippen molar-refractivity contribution in [3.05, 3.63) is 0 Å². The van der Waals surface area contributed by atoms with E-state index >= 15 is 0 Å². The number of hydrogen-bond donors (Lipinski definition) is 0. The summed E-state index contributed by atoms with van der Waals surface area (Å²) in [7, 11) is 0. The van der Waals surface area contributed by atoms with E-state index in [1.165, 1.54) is 0 Å². The largest absolute Gasteiger partial charge is 4.00 e. The first-order valence-electron chi connectivity index (χ1n) is 0. The van der Waals surface area contributed by atoms with Crippen molar-refractivity contribution in [3.8, 4) is 0 Å². The van der Waals surface area contributed by atoms with Gasteiger partial charge < -0.3 is 16.4 Å². The summed E-state index contributed by atoms with van der Waals surface area (Å²) in [5, 5.41) is 0. The Hall–Kier alpha value is 2.26. The second kappa shape index (κ2) is 33.9. The fraction of sp³-hybridized carbons (Fsp3) is 0. The molecule has 0 aliphatic rings. The second-order valence-corrected chi connectivity index (χ2v) is 0. The maximum Gasteiger partial charge on any atom is 4.00 e. The van der Waals surface area contributed by atoms with Crippen molar-refractivity contribution in [2.45, 2.75) is 0 Å². The zero-order chi connectivity index (χ0) is 0. The van der Waals surface area contributed by atoms with Crippen molar-refractivity contribution in [2.24, 2.45) is 0 Å². The summed E-state index contributed by atoms with van der Waals surface area (Å²) in [5.41, 5.74) is 0. The number of rotatable bonds is 0. The SMILES string of the molecule is [O-2].[O-2].[O-2].[Th+4].[U]. The van der Waals surface area contributed by atoms with Gasteiger partial charge in [-0.2, -0.15) is 0 Å². The summed E-state index contributed by atoms with van der Waals surface area (Å²) in [6.07, 6.45) is 0. The average molecular weight is 518 g/mol. The molecule has 5 heteroatoms. The quantitative estimate of drug-likeness (QED) is 0.420. The van der Waals surface area contributed by atoms with E-state index < -0.39 is 0 Å². The molecule has 0 radical (unpaired) electrons. The molecule has 0 heterocycles. The zero-order valence-electron chi connectivity index (χ0n) is 2.22. The van der Waals surface area contributed by atoms with E-state index in [0.717, 1.165) is 0 Å². The molecule has 0 rings (SSSR count).